The molecule has 1 unspecified atom stereocenters. The van der Waals surface area contributed by atoms with E-state index in [4.69, 9.17) is 21.4 Å². The summed E-state index contributed by atoms with van der Waals surface area (Å²) < 4.78 is 9.61. The van der Waals surface area contributed by atoms with Gasteiger partial charge in [-0.2, -0.15) is 15.0 Å². The monoisotopic (exact) mass is 884 g/mol. The molecule has 0 spiro atoms. The molecule has 0 bridgehead atoms. The van der Waals surface area contributed by atoms with Crippen LogP contribution in [-0.2, 0) is 9.59 Å². The molecule has 5 aromatic rings. The highest BCUT2D eigenvalue weighted by Gasteiger charge is 2.64. The molecule has 332 valence electrons. The molecule has 9 rings (SSSR count). The van der Waals surface area contributed by atoms with Crippen molar-refractivity contribution >= 4 is 45.9 Å². The van der Waals surface area contributed by atoms with Crippen molar-refractivity contribution in [3.63, 3.8) is 0 Å². The van der Waals surface area contributed by atoms with Crippen LogP contribution in [0.15, 0.2) is 77.9 Å². The van der Waals surface area contributed by atoms with Crippen LogP contribution < -0.4 is 25.8 Å². The van der Waals surface area contributed by atoms with E-state index in [1.54, 1.807) is 18.2 Å². The van der Waals surface area contributed by atoms with E-state index in [0.717, 1.165) is 79.9 Å². The first-order valence-electron chi connectivity index (χ1n) is 22.2. The summed E-state index contributed by atoms with van der Waals surface area (Å²) in [5, 5.41) is 28.6. The van der Waals surface area contributed by atoms with Crippen molar-refractivity contribution in [2.75, 3.05) is 37.6 Å². The number of aromatic nitrogens is 5. The molecule has 2 N–H and O–H groups in total. The number of rotatable bonds is 10. The summed E-state index contributed by atoms with van der Waals surface area (Å²) in [6.45, 7) is 13.2. The van der Waals surface area contributed by atoms with Crippen molar-refractivity contribution in [3.8, 4) is 22.9 Å². The van der Waals surface area contributed by atoms with Crippen molar-refractivity contribution in [2.45, 2.75) is 90.4 Å². The van der Waals surface area contributed by atoms with E-state index >= 15 is 0 Å². The lowest BCUT2D eigenvalue weighted by molar-refractivity contribution is -0.164. The van der Waals surface area contributed by atoms with Crippen LogP contribution in [0.2, 0.25) is 5.02 Å². The van der Waals surface area contributed by atoms with E-state index in [9.17, 15) is 24.4 Å². The molecule has 4 aliphatic rings. The van der Waals surface area contributed by atoms with Gasteiger partial charge in [-0.1, -0.05) is 56.6 Å². The number of ether oxygens (including phenoxy) is 1. The highest BCUT2D eigenvalue weighted by molar-refractivity contribution is 6.31. The number of hydrogen-bond donors (Lipinski definition) is 2. The molecule has 2 aromatic heterocycles. The number of halogens is 1. The molecule has 1 aliphatic carbocycles. The second-order valence-corrected chi connectivity index (χ2v) is 19.5. The topological polar surface area (TPSA) is 180 Å². The van der Waals surface area contributed by atoms with Crippen LogP contribution in [0.25, 0.3) is 22.0 Å². The van der Waals surface area contributed by atoms with Gasteiger partial charge in [0.2, 0.25) is 5.91 Å². The Morgan fingerprint density at radius 3 is 2.34 bits per heavy atom. The number of imide groups is 1. The van der Waals surface area contributed by atoms with Crippen molar-refractivity contribution in [2.24, 2.45) is 16.7 Å². The SMILES string of the molecule is CC1(C)C(NC(=O)c2ccc(-c3cnn(C4CCN(CC5CCN(c6ccc7nnn(C8CCC(=O)NC8=O)c(=O)c7c6)CC5)CC4)c3)cc2)C(C)(C)C1Oc1ccc(C#N)c(Cl)c1. The fourth-order valence-corrected chi connectivity index (χ4v) is 11.0. The lowest BCUT2D eigenvalue weighted by Crippen LogP contribution is -2.74. The van der Waals surface area contributed by atoms with E-state index in [2.05, 4.69) is 75.4 Å². The normalized spacial score (nSPS) is 22.7. The largest absolute Gasteiger partial charge is 0.489 e. The first-order chi connectivity index (χ1) is 30.7. The lowest BCUT2D eigenvalue weighted by Gasteiger charge is -2.63. The number of amides is 3. The van der Waals surface area contributed by atoms with Crippen LogP contribution >= 0.6 is 11.6 Å². The molecule has 4 fully saturated rings. The third-order valence-electron chi connectivity index (χ3n) is 14.1. The maximum atomic E-state index is 13.6. The average molecular weight is 885 g/mol. The van der Waals surface area contributed by atoms with Gasteiger partial charge in [-0.15, -0.1) is 5.10 Å². The Balaban J connectivity index is 0.741. The van der Waals surface area contributed by atoms with E-state index < -0.39 is 11.9 Å². The third kappa shape index (κ3) is 8.25. The number of nitrogens with zero attached hydrogens (tertiary/aromatic N) is 8. The van der Waals surface area contributed by atoms with Crippen LogP contribution in [0.3, 0.4) is 0 Å². The van der Waals surface area contributed by atoms with Gasteiger partial charge in [-0.3, -0.25) is 29.2 Å². The summed E-state index contributed by atoms with van der Waals surface area (Å²) in [4.78, 5) is 56.0. The second kappa shape index (κ2) is 17.1. The number of benzene rings is 3. The number of carbonyl (C=O) groups is 3. The summed E-state index contributed by atoms with van der Waals surface area (Å²) in [7, 11) is 0. The molecule has 3 aliphatic heterocycles. The van der Waals surface area contributed by atoms with Crippen LogP contribution in [0.4, 0.5) is 5.69 Å². The van der Waals surface area contributed by atoms with Crippen LogP contribution in [0.5, 0.6) is 5.75 Å². The minimum atomic E-state index is -0.850. The molecule has 0 radical (unpaired) electrons. The molecular formula is C48H53ClN10O5. The predicted octanol–water partition coefficient (Wildman–Crippen LogP) is 6.32. The zero-order chi connectivity index (χ0) is 44.9. The summed E-state index contributed by atoms with van der Waals surface area (Å²) in [5.74, 6) is 0.180. The van der Waals surface area contributed by atoms with Crippen LogP contribution in [-0.4, -0.2) is 92.3 Å². The van der Waals surface area contributed by atoms with E-state index in [0.29, 0.717) is 44.8 Å². The number of fused-ring (bicyclic) bond motifs is 1. The third-order valence-corrected chi connectivity index (χ3v) is 14.4. The Morgan fingerprint density at radius 2 is 1.66 bits per heavy atom. The van der Waals surface area contributed by atoms with E-state index in [-0.39, 0.29) is 53.2 Å². The molecule has 15 nitrogen and oxygen atoms in total. The number of anilines is 1. The van der Waals surface area contributed by atoms with Gasteiger partial charge in [-0.25, -0.2) is 0 Å². The summed E-state index contributed by atoms with van der Waals surface area (Å²) in [6, 6.07) is 19.9. The molecular weight excluding hydrogens is 832 g/mol. The van der Waals surface area contributed by atoms with Gasteiger partial charge < -0.3 is 19.9 Å². The summed E-state index contributed by atoms with van der Waals surface area (Å²) >= 11 is 6.26. The maximum Gasteiger partial charge on any atom is 0.278 e. The van der Waals surface area contributed by atoms with E-state index in [1.807, 2.05) is 48.7 Å². The molecule has 3 amide bonds. The molecule has 1 atom stereocenters. The second-order valence-electron chi connectivity index (χ2n) is 19.1. The maximum absolute atomic E-state index is 13.6. The van der Waals surface area contributed by atoms with Gasteiger partial charge in [-0.05, 0) is 86.1 Å². The Hall–Kier alpha value is -6.11. The number of nitrogens with one attached hydrogen (secondary N) is 2. The van der Waals surface area contributed by atoms with Crippen molar-refractivity contribution in [3.05, 3.63) is 99.6 Å². The standard InChI is InChI=1S/C48H53ClN10O5/c1-47(2)45(48(3,4)46(47)64-36-11-9-32(25-50)38(49)24-36)53-42(61)31-7-5-30(6-8-31)33-26-51-58(28-33)34-17-19-56(20-18-34)27-29-15-21-57(22-16-29)35-10-12-39-37(23-35)44(63)59(55-54-39)40-13-14-41(60)52-43(40)62/h5-12,23-24,26,28-29,34,40,45-46H,13-22,27H2,1-4H3,(H,53,61)(H,52,60,62). The molecule has 16 heteroatoms. The Kier molecular flexibility index (Phi) is 11.5. The summed E-state index contributed by atoms with van der Waals surface area (Å²) in [6.07, 6.45) is 8.38. The first-order valence-corrected chi connectivity index (χ1v) is 22.6. The highest BCUT2D eigenvalue weighted by Crippen LogP contribution is 2.55. The Bertz CT molecular complexity index is 2690. The predicted molar refractivity (Wildman–Crippen MR) is 242 cm³/mol. The average Bonchev–Trinajstić information content (AvgIpc) is 3.79. The van der Waals surface area contributed by atoms with Gasteiger partial charge >= 0.3 is 0 Å². The molecule has 1 saturated carbocycles. The fourth-order valence-electron chi connectivity index (χ4n) is 10.8. The number of nitriles is 1. The molecule has 3 saturated heterocycles. The van der Waals surface area contributed by atoms with E-state index in [1.165, 1.54) is 0 Å². The molecule has 3 aromatic carbocycles. The minimum absolute atomic E-state index is 0.132. The quantitative estimate of drug-likeness (QED) is 0.150. The zero-order valence-electron chi connectivity index (χ0n) is 36.6. The fraction of sp³-hybridized carbons (Fsp3) is 0.458. The molecule has 64 heavy (non-hydrogen) atoms. The number of hydrogen-bond acceptors (Lipinski definition) is 11. The van der Waals surface area contributed by atoms with Gasteiger partial charge in [0.05, 0.1) is 28.2 Å². The lowest BCUT2D eigenvalue weighted by atomic mass is 9.49. The van der Waals surface area contributed by atoms with Crippen molar-refractivity contribution in [1.29, 1.82) is 5.26 Å². The zero-order valence-corrected chi connectivity index (χ0v) is 37.3. The van der Waals surface area contributed by atoms with Gasteiger partial charge in [0.25, 0.3) is 17.4 Å². The Morgan fingerprint density at radius 1 is 0.922 bits per heavy atom. The van der Waals surface area contributed by atoms with Crippen LogP contribution in [0.1, 0.15) is 94.2 Å². The highest BCUT2D eigenvalue weighted by atomic mass is 35.5. The number of carbonyl (C=O) groups excluding carboxylic acids is 3. The first kappa shape index (κ1) is 43.2. The van der Waals surface area contributed by atoms with Gasteiger partial charge in [0.1, 0.15) is 29.5 Å². The van der Waals surface area contributed by atoms with Gasteiger partial charge in [0.15, 0.2) is 0 Å². The van der Waals surface area contributed by atoms with Gasteiger partial charge in [0, 0.05) is 85.1 Å². The number of piperidine rings is 3. The van der Waals surface area contributed by atoms with Crippen molar-refractivity contribution in [1.82, 2.24) is 40.3 Å². The minimum Gasteiger partial charge on any atom is -0.489 e. The smallest absolute Gasteiger partial charge is 0.278 e. The van der Waals surface area contributed by atoms with Crippen molar-refractivity contribution < 1.29 is 19.1 Å². The summed E-state index contributed by atoms with van der Waals surface area (Å²) in [5.41, 5.74) is 3.35. The number of likely N-dealkylation sites (tertiary alicyclic amines) is 1. The molecule has 5 heterocycles. The Labute approximate surface area is 376 Å². The van der Waals surface area contributed by atoms with Crippen LogP contribution in [0, 0.1) is 28.1 Å².